The zero-order valence-electron chi connectivity index (χ0n) is 14.8. The highest BCUT2D eigenvalue weighted by atomic mass is 35.5. The van der Waals surface area contributed by atoms with Crippen molar-refractivity contribution in [2.45, 2.75) is 39.3 Å². The topological polar surface area (TPSA) is 96.5 Å². The monoisotopic (exact) mass is 369 g/mol. The first kappa shape index (κ1) is 20.8. The Labute approximate surface area is 152 Å². The van der Waals surface area contributed by atoms with Gasteiger partial charge in [-0.2, -0.15) is 0 Å². The Bertz CT molecular complexity index is 629. The molecule has 0 fully saturated rings. The first-order chi connectivity index (χ1) is 11.6. The number of hydrogen-bond donors (Lipinski definition) is 3. The van der Waals surface area contributed by atoms with Crippen LogP contribution in [0, 0.1) is 0 Å². The Balaban J connectivity index is 2.34. The van der Waals surface area contributed by atoms with Crippen molar-refractivity contribution in [3.05, 3.63) is 34.9 Å². The molecule has 0 aromatic heterocycles. The first-order valence-corrected chi connectivity index (χ1v) is 8.28. The van der Waals surface area contributed by atoms with Gasteiger partial charge >= 0.3 is 6.09 Å². The average molecular weight is 370 g/mol. The van der Waals surface area contributed by atoms with E-state index in [0.29, 0.717) is 10.6 Å². The molecular formula is C17H24ClN3O4. The summed E-state index contributed by atoms with van der Waals surface area (Å²) in [6.07, 6.45) is -0.554. The molecule has 0 aliphatic carbocycles. The van der Waals surface area contributed by atoms with Crippen LogP contribution in [0.3, 0.4) is 0 Å². The second-order valence-corrected chi connectivity index (χ2v) is 6.80. The molecule has 0 aliphatic rings. The van der Waals surface area contributed by atoms with Gasteiger partial charge in [0.25, 0.3) is 5.91 Å². The maximum atomic E-state index is 12.1. The van der Waals surface area contributed by atoms with Crippen molar-refractivity contribution in [2.24, 2.45) is 0 Å². The number of carbonyl (C=O) groups excluding carboxylic acids is 3. The SMILES string of the molecule is CC(NC(=O)c1ccccc1Cl)C(=O)NCCNC(=O)OC(C)(C)C. The predicted molar refractivity (Wildman–Crippen MR) is 95.6 cm³/mol. The summed E-state index contributed by atoms with van der Waals surface area (Å²) in [7, 11) is 0. The molecule has 1 aromatic carbocycles. The van der Waals surface area contributed by atoms with Gasteiger partial charge in [0, 0.05) is 13.1 Å². The maximum Gasteiger partial charge on any atom is 0.407 e. The minimum atomic E-state index is -0.745. The predicted octanol–water partition coefficient (Wildman–Crippen LogP) is 2.10. The summed E-state index contributed by atoms with van der Waals surface area (Å²) >= 11 is 5.95. The van der Waals surface area contributed by atoms with Crippen LogP contribution in [0.4, 0.5) is 4.79 Å². The van der Waals surface area contributed by atoms with Crippen LogP contribution in [0.1, 0.15) is 38.1 Å². The van der Waals surface area contributed by atoms with Gasteiger partial charge in [-0.05, 0) is 39.8 Å². The number of hydrogen-bond acceptors (Lipinski definition) is 4. The molecule has 3 amide bonds. The number of alkyl carbamates (subject to hydrolysis) is 1. The second-order valence-electron chi connectivity index (χ2n) is 6.39. The number of halogens is 1. The summed E-state index contributed by atoms with van der Waals surface area (Å²) in [6.45, 7) is 7.27. The van der Waals surface area contributed by atoms with Gasteiger partial charge in [0.05, 0.1) is 10.6 Å². The second kappa shape index (κ2) is 9.27. The molecule has 1 atom stereocenters. The highest BCUT2D eigenvalue weighted by molar-refractivity contribution is 6.33. The van der Waals surface area contributed by atoms with E-state index in [2.05, 4.69) is 16.0 Å². The number of benzene rings is 1. The van der Waals surface area contributed by atoms with Crippen LogP contribution in [-0.2, 0) is 9.53 Å². The Kier molecular flexibility index (Phi) is 7.70. The van der Waals surface area contributed by atoms with Gasteiger partial charge in [0.1, 0.15) is 11.6 Å². The summed E-state index contributed by atoms with van der Waals surface area (Å²) in [6, 6.07) is 5.84. The zero-order valence-corrected chi connectivity index (χ0v) is 15.6. The third-order valence-electron chi connectivity index (χ3n) is 2.95. The van der Waals surface area contributed by atoms with Gasteiger partial charge in [-0.1, -0.05) is 23.7 Å². The van der Waals surface area contributed by atoms with Crippen molar-refractivity contribution >= 4 is 29.5 Å². The van der Waals surface area contributed by atoms with Gasteiger partial charge < -0.3 is 20.7 Å². The molecule has 0 saturated heterocycles. The lowest BCUT2D eigenvalue weighted by molar-refractivity contribution is -0.122. The Morgan fingerprint density at radius 1 is 1.12 bits per heavy atom. The molecule has 138 valence electrons. The van der Waals surface area contributed by atoms with E-state index in [-0.39, 0.29) is 19.0 Å². The van der Waals surface area contributed by atoms with Crippen molar-refractivity contribution in [3.63, 3.8) is 0 Å². The Morgan fingerprint density at radius 3 is 2.32 bits per heavy atom. The third kappa shape index (κ3) is 7.89. The van der Waals surface area contributed by atoms with Crippen LogP contribution >= 0.6 is 11.6 Å². The van der Waals surface area contributed by atoms with Crippen molar-refractivity contribution in [1.82, 2.24) is 16.0 Å². The molecule has 0 heterocycles. The van der Waals surface area contributed by atoms with Crippen LogP contribution in [-0.4, -0.2) is 42.6 Å². The van der Waals surface area contributed by atoms with E-state index in [9.17, 15) is 14.4 Å². The van der Waals surface area contributed by atoms with E-state index in [1.807, 2.05) is 0 Å². The first-order valence-electron chi connectivity index (χ1n) is 7.90. The minimum absolute atomic E-state index is 0.213. The standard InChI is InChI=1S/C17H24ClN3O4/c1-11(21-15(23)12-7-5-6-8-13(12)18)14(22)19-9-10-20-16(24)25-17(2,3)4/h5-8,11H,9-10H2,1-4H3,(H,19,22)(H,20,24)(H,21,23). The number of nitrogens with one attached hydrogen (secondary N) is 3. The smallest absolute Gasteiger partial charge is 0.407 e. The molecule has 1 rings (SSSR count). The summed E-state index contributed by atoms with van der Waals surface area (Å²) in [4.78, 5) is 35.5. The summed E-state index contributed by atoms with van der Waals surface area (Å²) in [5.41, 5.74) is -0.277. The lowest BCUT2D eigenvalue weighted by Crippen LogP contribution is -2.46. The largest absolute Gasteiger partial charge is 0.444 e. The van der Waals surface area contributed by atoms with E-state index in [1.54, 1.807) is 52.0 Å². The van der Waals surface area contributed by atoms with Gasteiger partial charge in [0.2, 0.25) is 5.91 Å². The molecule has 1 unspecified atom stereocenters. The molecule has 8 heteroatoms. The van der Waals surface area contributed by atoms with Gasteiger partial charge in [0.15, 0.2) is 0 Å². The molecule has 0 spiro atoms. The van der Waals surface area contributed by atoms with Crippen LogP contribution in [0.5, 0.6) is 0 Å². The zero-order chi connectivity index (χ0) is 19.0. The molecule has 0 radical (unpaired) electrons. The van der Waals surface area contributed by atoms with Crippen LogP contribution in [0.15, 0.2) is 24.3 Å². The van der Waals surface area contributed by atoms with Crippen LogP contribution in [0.25, 0.3) is 0 Å². The Hall–Kier alpha value is -2.28. The lowest BCUT2D eigenvalue weighted by Gasteiger charge is -2.20. The Morgan fingerprint density at radius 2 is 1.72 bits per heavy atom. The average Bonchev–Trinajstić information content (AvgIpc) is 2.49. The molecule has 0 saturated carbocycles. The fourth-order valence-electron chi connectivity index (χ4n) is 1.80. The summed E-state index contributed by atoms with van der Waals surface area (Å²) in [5, 5.41) is 8.03. The van der Waals surface area contributed by atoms with E-state index in [4.69, 9.17) is 16.3 Å². The van der Waals surface area contributed by atoms with E-state index < -0.39 is 23.6 Å². The maximum absolute atomic E-state index is 12.1. The fraction of sp³-hybridized carbons (Fsp3) is 0.471. The number of amides is 3. The quantitative estimate of drug-likeness (QED) is 0.669. The number of carbonyl (C=O) groups is 3. The fourth-order valence-corrected chi connectivity index (χ4v) is 2.02. The van der Waals surface area contributed by atoms with Gasteiger partial charge in [-0.3, -0.25) is 9.59 Å². The molecule has 1 aromatic rings. The van der Waals surface area contributed by atoms with E-state index >= 15 is 0 Å². The normalized spacial score (nSPS) is 12.0. The van der Waals surface area contributed by atoms with Crippen molar-refractivity contribution in [1.29, 1.82) is 0 Å². The summed E-state index contributed by atoms with van der Waals surface area (Å²) < 4.78 is 5.07. The van der Waals surface area contributed by atoms with Crippen molar-refractivity contribution in [3.8, 4) is 0 Å². The highest BCUT2D eigenvalue weighted by Gasteiger charge is 2.18. The molecule has 0 aliphatic heterocycles. The molecule has 0 bridgehead atoms. The van der Waals surface area contributed by atoms with Crippen molar-refractivity contribution < 1.29 is 19.1 Å². The third-order valence-corrected chi connectivity index (χ3v) is 3.28. The number of ether oxygens (including phenoxy) is 1. The minimum Gasteiger partial charge on any atom is -0.444 e. The van der Waals surface area contributed by atoms with E-state index in [1.165, 1.54) is 0 Å². The molecular weight excluding hydrogens is 346 g/mol. The highest BCUT2D eigenvalue weighted by Crippen LogP contribution is 2.14. The number of rotatable bonds is 6. The summed E-state index contributed by atoms with van der Waals surface area (Å²) in [5.74, 6) is -0.800. The van der Waals surface area contributed by atoms with Gasteiger partial charge in [-0.25, -0.2) is 4.79 Å². The van der Waals surface area contributed by atoms with E-state index in [0.717, 1.165) is 0 Å². The van der Waals surface area contributed by atoms with Gasteiger partial charge in [-0.15, -0.1) is 0 Å². The molecule has 7 nitrogen and oxygen atoms in total. The van der Waals surface area contributed by atoms with Crippen LogP contribution in [0.2, 0.25) is 5.02 Å². The molecule has 3 N–H and O–H groups in total. The lowest BCUT2D eigenvalue weighted by atomic mass is 10.2. The molecule has 25 heavy (non-hydrogen) atoms. The van der Waals surface area contributed by atoms with Crippen LogP contribution < -0.4 is 16.0 Å². The van der Waals surface area contributed by atoms with Crippen molar-refractivity contribution in [2.75, 3.05) is 13.1 Å².